The monoisotopic (exact) mass is 432 g/mol. The summed E-state index contributed by atoms with van der Waals surface area (Å²) in [5.74, 6) is 0.743. The molecule has 0 saturated heterocycles. The molecule has 0 radical (unpaired) electrons. The molecule has 2 aromatic heterocycles. The van der Waals surface area contributed by atoms with E-state index in [1.54, 1.807) is 26.0 Å². The van der Waals surface area contributed by atoms with Gasteiger partial charge in [-0.15, -0.1) is 0 Å². The standard InChI is InChI=1S/C20H24N4O5S/c1-4-6-12-9-15(25)23-20(21-12)30-10-13-16(18(26)28-5-2)17(24-19(27)22-13)14-8-7-11(3)29-14/h7-9,17H,4-6,10H2,1-3H3,(H,21,23,25)(H2,22,24,27)/t17-/m1/s1. The predicted molar refractivity (Wildman–Crippen MR) is 111 cm³/mol. The Morgan fingerprint density at radius 1 is 1.30 bits per heavy atom. The molecule has 0 aliphatic carbocycles. The molecule has 3 heterocycles. The zero-order chi connectivity index (χ0) is 21.7. The van der Waals surface area contributed by atoms with Crippen molar-refractivity contribution in [2.45, 2.75) is 44.8 Å². The molecule has 1 atom stereocenters. The summed E-state index contributed by atoms with van der Waals surface area (Å²) < 4.78 is 10.9. The number of thioether (sulfide) groups is 1. The maximum Gasteiger partial charge on any atom is 0.338 e. The molecular weight excluding hydrogens is 408 g/mol. The Morgan fingerprint density at radius 2 is 2.10 bits per heavy atom. The number of carbonyl (C=O) groups excluding carboxylic acids is 2. The zero-order valence-electron chi connectivity index (χ0n) is 17.0. The Labute approximate surface area is 177 Å². The third kappa shape index (κ3) is 5.12. The summed E-state index contributed by atoms with van der Waals surface area (Å²) in [7, 11) is 0. The second-order valence-electron chi connectivity index (χ2n) is 6.67. The summed E-state index contributed by atoms with van der Waals surface area (Å²) in [6, 6.07) is 3.70. The van der Waals surface area contributed by atoms with Gasteiger partial charge in [-0.2, -0.15) is 0 Å². The fourth-order valence-electron chi connectivity index (χ4n) is 3.08. The molecule has 30 heavy (non-hydrogen) atoms. The lowest BCUT2D eigenvalue weighted by Crippen LogP contribution is -2.46. The van der Waals surface area contributed by atoms with Crippen molar-refractivity contribution in [3.8, 4) is 0 Å². The number of furan rings is 1. The number of nitrogens with one attached hydrogen (secondary N) is 3. The Balaban J connectivity index is 1.94. The number of aromatic nitrogens is 2. The number of H-pyrrole nitrogens is 1. The third-order valence-electron chi connectivity index (χ3n) is 4.33. The molecule has 3 N–H and O–H groups in total. The lowest BCUT2D eigenvalue weighted by atomic mass is 10.0. The molecule has 10 heteroatoms. The van der Waals surface area contributed by atoms with E-state index in [4.69, 9.17) is 9.15 Å². The molecule has 0 saturated carbocycles. The van der Waals surface area contributed by atoms with Gasteiger partial charge in [0.15, 0.2) is 5.16 Å². The fourth-order valence-corrected chi connectivity index (χ4v) is 3.94. The summed E-state index contributed by atoms with van der Waals surface area (Å²) in [6.07, 6.45) is 1.56. The second-order valence-corrected chi connectivity index (χ2v) is 7.64. The average Bonchev–Trinajstić information content (AvgIpc) is 3.12. The van der Waals surface area contributed by atoms with Gasteiger partial charge in [-0.05, 0) is 32.4 Å². The number of hydrogen-bond acceptors (Lipinski definition) is 7. The first-order chi connectivity index (χ1) is 14.4. The van der Waals surface area contributed by atoms with Crippen LogP contribution in [0.4, 0.5) is 4.79 Å². The van der Waals surface area contributed by atoms with Crippen LogP contribution in [0.25, 0.3) is 0 Å². The summed E-state index contributed by atoms with van der Waals surface area (Å²) in [5.41, 5.74) is 1.09. The van der Waals surface area contributed by atoms with Crippen LogP contribution >= 0.6 is 11.8 Å². The quantitative estimate of drug-likeness (QED) is 0.332. The minimum absolute atomic E-state index is 0.189. The lowest BCUT2D eigenvalue weighted by molar-refractivity contribution is -0.139. The van der Waals surface area contributed by atoms with Gasteiger partial charge < -0.3 is 24.8 Å². The number of hydrogen-bond donors (Lipinski definition) is 3. The van der Waals surface area contributed by atoms with Crippen LogP contribution in [-0.2, 0) is 16.0 Å². The highest BCUT2D eigenvalue weighted by Crippen LogP contribution is 2.31. The highest BCUT2D eigenvalue weighted by Gasteiger charge is 2.35. The van der Waals surface area contributed by atoms with E-state index >= 15 is 0 Å². The summed E-state index contributed by atoms with van der Waals surface area (Å²) in [5, 5.41) is 5.81. The largest absolute Gasteiger partial charge is 0.464 e. The van der Waals surface area contributed by atoms with Gasteiger partial charge >= 0.3 is 12.0 Å². The van der Waals surface area contributed by atoms with Crippen molar-refractivity contribution >= 4 is 23.8 Å². The predicted octanol–water partition coefficient (Wildman–Crippen LogP) is 2.59. The molecule has 2 amide bonds. The van der Waals surface area contributed by atoms with Crippen molar-refractivity contribution in [2.75, 3.05) is 12.4 Å². The van der Waals surface area contributed by atoms with Crippen LogP contribution in [0.1, 0.15) is 43.5 Å². The number of carbonyl (C=O) groups is 2. The van der Waals surface area contributed by atoms with E-state index in [2.05, 4.69) is 20.6 Å². The molecule has 3 rings (SSSR count). The number of nitrogens with zero attached hydrogens (tertiary/aromatic N) is 1. The number of aromatic amines is 1. The molecule has 9 nitrogen and oxygen atoms in total. The smallest absolute Gasteiger partial charge is 0.338 e. The van der Waals surface area contributed by atoms with Gasteiger partial charge in [-0.25, -0.2) is 14.6 Å². The Morgan fingerprint density at radius 3 is 2.77 bits per heavy atom. The van der Waals surface area contributed by atoms with E-state index in [1.165, 1.54) is 17.8 Å². The Bertz CT molecular complexity index is 1030. The lowest BCUT2D eigenvalue weighted by Gasteiger charge is -2.27. The SMILES string of the molecule is CCCc1cc(=O)[nH]c(SCC2=C(C(=O)OCC)[C@@H](c3ccc(C)o3)NC(=O)N2)n1. The first-order valence-corrected chi connectivity index (χ1v) is 10.7. The molecule has 0 bridgehead atoms. The molecule has 2 aromatic rings. The van der Waals surface area contributed by atoms with Crippen molar-refractivity contribution in [1.82, 2.24) is 20.6 Å². The summed E-state index contributed by atoms with van der Waals surface area (Å²) >= 11 is 1.22. The van der Waals surface area contributed by atoms with Crippen LogP contribution < -0.4 is 16.2 Å². The van der Waals surface area contributed by atoms with Gasteiger partial charge in [-0.1, -0.05) is 25.1 Å². The van der Waals surface area contributed by atoms with Gasteiger partial charge in [0.25, 0.3) is 5.56 Å². The Hall–Kier alpha value is -3.01. The van der Waals surface area contributed by atoms with Crippen molar-refractivity contribution in [1.29, 1.82) is 0 Å². The van der Waals surface area contributed by atoms with Crippen molar-refractivity contribution < 1.29 is 18.7 Å². The van der Waals surface area contributed by atoms with Gasteiger partial charge in [0, 0.05) is 23.2 Å². The highest BCUT2D eigenvalue weighted by molar-refractivity contribution is 7.99. The molecule has 1 aliphatic heterocycles. The van der Waals surface area contributed by atoms with Crippen LogP contribution in [0.5, 0.6) is 0 Å². The van der Waals surface area contributed by atoms with Crippen molar-refractivity contribution in [3.05, 3.63) is 57.0 Å². The van der Waals surface area contributed by atoms with Crippen LogP contribution in [0.15, 0.2) is 43.8 Å². The van der Waals surface area contributed by atoms with E-state index in [9.17, 15) is 14.4 Å². The van der Waals surface area contributed by atoms with E-state index in [0.717, 1.165) is 6.42 Å². The molecule has 0 aromatic carbocycles. The van der Waals surface area contributed by atoms with E-state index in [1.807, 2.05) is 6.92 Å². The van der Waals surface area contributed by atoms with Crippen LogP contribution in [-0.4, -0.2) is 34.3 Å². The maximum atomic E-state index is 12.7. The minimum atomic E-state index is -0.777. The number of ether oxygens (including phenoxy) is 1. The normalized spacial score (nSPS) is 16.2. The third-order valence-corrected chi connectivity index (χ3v) is 5.23. The van der Waals surface area contributed by atoms with Crippen LogP contribution in [0.3, 0.4) is 0 Å². The molecule has 0 spiro atoms. The second kappa shape index (κ2) is 9.66. The van der Waals surface area contributed by atoms with Gasteiger partial charge in [0.2, 0.25) is 0 Å². The van der Waals surface area contributed by atoms with Crippen LogP contribution in [0.2, 0.25) is 0 Å². The van der Waals surface area contributed by atoms with Crippen LogP contribution in [0, 0.1) is 6.92 Å². The number of urea groups is 1. The number of amides is 2. The van der Waals surface area contributed by atoms with E-state index < -0.39 is 18.0 Å². The van der Waals surface area contributed by atoms with Gasteiger partial charge in [0.05, 0.1) is 12.2 Å². The number of aryl methyl sites for hydroxylation is 2. The van der Waals surface area contributed by atoms with Gasteiger partial charge in [-0.3, -0.25) is 4.79 Å². The number of esters is 1. The minimum Gasteiger partial charge on any atom is -0.464 e. The Kier molecular flexibility index (Phi) is 6.99. The number of rotatable bonds is 8. The molecular formula is C20H24N4O5S. The topological polar surface area (TPSA) is 126 Å². The molecule has 1 aliphatic rings. The van der Waals surface area contributed by atoms with Crippen molar-refractivity contribution in [2.24, 2.45) is 0 Å². The highest BCUT2D eigenvalue weighted by atomic mass is 32.2. The first-order valence-electron chi connectivity index (χ1n) is 9.68. The molecule has 0 fully saturated rings. The first kappa shape index (κ1) is 21.7. The molecule has 160 valence electrons. The van der Waals surface area contributed by atoms with Gasteiger partial charge in [0.1, 0.15) is 17.6 Å². The average molecular weight is 433 g/mol. The van der Waals surface area contributed by atoms with Crippen molar-refractivity contribution in [3.63, 3.8) is 0 Å². The van der Waals surface area contributed by atoms with E-state index in [-0.39, 0.29) is 23.5 Å². The van der Waals surface area contributed by atoms with E-state index in [0.29, 0.717) is 34.5 Å². The maximum absolute atomic E-state index is 12.7. The zero-order valence-corrected chi connectivity index (χ0v) is 17.9. The summed E-state index contributed by atoms with van der Waals surface area (Å²) in [4.78, 5) is 44.0. The summed E-state index contributed by atoms with van der Waals surface area (Å²) in [6.45, 7) is 5.69. The molecule has 0 unspecified atom stereocenters. The fraction of sp³-hybridized carbons (Fsp3) is 0.400.